The third kappa shape index (κ3) is 5.83. The van der Waals surface area contributed by atoms with E-state index in [1.54, 1.807) is 0 Å². The van der Waals surface area contributed by atoms with Crippen molar-refractivity contribution in [2.45, 2.75) is 33.1 Å². The molecule has 0 aliphatic carbocycles. The maximum absolute atomic E-state index is 2.43. The molecule has 0 saturated heterocycles. The molecule has 54 heavy (non-hydrogen) atoms. The molecule has 0 N–H and O–H groups in total. The first kappa shape index (κ1) is 33.4. The average molecular weight is 694 g/mol. The Kier molecular flexibility index (Phi) is 8.36. The van der Waals surface area contributed by atoms with Crippen LogP contribution in [-0.4, -0.2) is 0 Å². The molecule has 0 heterocycles. The van der Waals surface area contributed by atoms with Gasteiger partial charge < -0.3 is 4.90 Å². The normalized spacial score (nSPS) is 11.7. The molecule has 9 aromatic carbocycles. The summed E-state index contributed by atoms with van der Waals surface area (Å²) in [4.78, 5) is 2.42. The smallest absolute Gasteiger partial charge is 0.0490 e. The second-order valence-electron chi connectivity index (χ2n) is 15.4. The molecule has 0 amide bonds. The van der Waals surface area contributed by atoms with Crippen LogP contribution in [0.4, 0.5) is 17.1 Å². The van der Waals surface area contributed by atoms with Crippen molar-refractivity contribution >= 4 is 49.4 Å². The van der Waals surface area contributed by atoms with Gasteiger partial charge in [0.05, 0.1) is 0 Å². The number of benzene rings is 9. The summed E-state index contributed by atoms with van der Waals surface area (Å²) in [6, 6.07) is 69.2. The lowest BCUT2D eigenvalue weighted by atomic mass is 9.81. The van der Waals surface area contributed by atoms with E-state index in [2.05, 4.69) is 221 Å². The van der Waals surface area contributed by atoms with Crippen molar-refractivity contribution in [2.75, 3.05) is 4.90 Å². The molecule has 0 aliphatic heterocycles. The Bertz CT molecular complexity index is 2770. The predicted molar refractivity (Wildman–Crippen MR) is 233 cm³/mol. The highest BCUT2D eigenvalue weighted by molar-refractivity contribution is 6.33. The minimum atomic E-state index is 0.0720. The van der Waals surface area contributed by atoms with Crippen molar-refractivity contribution in [3.63, 3.8) is 0 Å². The number of nitrogens with zero attached hydrogens (tertiary/aromatic N) is 1. The minimum Gasteiger partial charge on any atom is -0.310 e. The van der Waals surface area contributed by atoms with Crippen LogP contribution >= 0.6 is 0 Å². The third-order valence-electron chi connectivity index (χ3n) is 10.9. The fraction of sp³-hybridized carbons (Fsp3) is 0.0943. The summed E-state index contributed by atoms with van der Waals surface area (Å²) in [5, 5.41) is 7.54. The monoisotopic (exact) mass is 693 g/mol. The van der Waals surface area contributed by atoms with Gasteiger partial charge in [-0.3, -0.25) is 0 Å². The lowest BCUT2D eigenvalue weighted by molar-refractivity contribution is 0.590. The Morgan fingerprint density at radius 3 is 1.54 bits per heavy atom. The summed E-state index contributed by atoms with van der Waals surface area (Å²) < 4.78 is 0. The molecule has 0 aliphatic rings. The zero-order chi connectivity index (χ0) is 36.8. The summed E-state index contributed by atoms with van der Waals surface area (Å²) in [6.07, 6.45) is 0. The van der Waals surface area contributed by atoms with Crippen LogP contribution in [0.3, 0.4) is 0 Å². The SMILES string of the molecule is Cc1ccccc1N(c1ccc(C(C)(C)C)cc1)c1ccc2c(c1)c1ccccc1c1c(-c3ccccc3)cc(-c3ccccc3)c(-c3ccccc3)c21. The second-order valence-corrected chi connectivity index (χ2v) is 15.4. The third-order valence-corrected chi connectivity index (χ3v) is 10.9. The second kappa shape index (κ2) is 13.5. The van der Waals surface area contributed by atoms with Gasteiger partial charge in [-0.15, -0.1) is 0 Å². The maximum Gasteiger partial charge on any atom is 0.0490 e. The molecule has 0 bridgehead atoms. The highest BCUT2D eigenvalue weighted by Crippen LogP contribution is 2.50. The van der Waals surface area contributed by atoms with Crippen molar-refractivity contribution in [1.29, 1.82) is 0 Å². The van der Waals surface area contributed by atoms with Crippen molar-refractivity contribution in [3.05, 3.63) is 199 Å². The van der Waals surface area contributed by atoms with E-state index in [1.807, 2.05) is 0 Å². The van der Waals surface area contributed by atoms with Gasteiger partial charge in [0.15, 0.2) is 0 Å². The number of fused-ring (bicyclic) bond motifs is 6. The van der Waals surface area contributed by atoms with E-state index >= 15 is 0 Å². The van der Waals surface area contributed by atoms with Crippen molar-refractivity contribution in [1.82, 2.24) is 0 Å². The molecule has 0 unspecified atom stereocenters. The molecule has 0 saturated carbocycles. The molecule has 0 fully saturated rings. The Labute approximate surface area is 318 Å². The molecular weight excluding hydrogens is 651 g/mol. The number of para-hydroxylation sites is 1. The van der Waals surface area contributed by atoms with E-state index in [4.69, 9.17) is 0 Å². The molecular formula is C53H43N. The predicted octanol–water partition coefficient (Wildman–Crippen LogP) is 15.2. The molecule has 0 radical (unpaired) electrons. The van der Waals surface area contributed by atoms with Crippen molar-refractivity contribution < 1.29 is 0 Å². The van der Waals surface area contributed by atoms with E-state index in [0.29, 0.717) is 0 Å². The largest absolute Gasteiger partial charge is 0.310 e. The van der Waals surface area contributed by atoms with Crippen molar-refractivity contribution in [3.8, 4) is 33.4 Å². The van der Waals surface area contributed by atoms with Crippen LogP contribution in [0, 0.1) is 6.92 Å². The fourth-order valence-corrected chi connectivity index (χ4v) is 8.23. The first-order chi connectivity index (χ1) is 26.4. The van der Waals surface area contributed by atoms with Crippen molar-refractivity contribution in [2.24, 2.45) is 0 Å². The maximum atomic E-state index is 2.43. The van der Waals surface area contributed by atoms with Gasteiger partial charge in [0.25, 0.3) is 0 Å². The number of aryl methyl sites for hydroxylation is 1. The van der Waals surface area contributed by atoms with E-state index in [1.165, 1.54) is 82.5 Å². The average Bonchev–Trinajstić information content (AvgIpc) is 3.22. The zero-order valence-corrected chi connectivity index (χ0v) is 31.3. The van der Waals surface area contributed by atoms with Crippen LogP contribution in [0.15, 0.2) is 188 Å². The van der Waals surface area contributed by atoms with Gasteiger partial charge >= 0.3 is 0 Å². The Morgan fingerprint density at radius 2 is 0.907 bits per heavy atom. The highest BCUT2D eigenvalue weighted by Gasteiger charge is 2.23. The molecule has 1 heteroatoms. The van der Waals surface area contributed by atoms with Gasteiger partial charge in [0.2, 0.25) is 0 Å². The van der Waals surface area contributed by atoms with Gasteiger partial charge in [-0.1, -0.05) is 172 Å². The summed E-state index contributed by atoms with van der Waals surface area (Å²) in [6.45, 7) is 9.03. The summed E-state index contributed by atoms with van der Waals surface area (Å²) in [5.74, 6) is 0. The number of rotatable bonds is 6. The van der Waals surface area contributed by atoms with E-state index < -0.39 is 0 Å². The number of hydrogen-bond acceptors (Lipinski definition) is 1. The first-order valence-corrected chi connectivity index (χ1v) is 18.9. The van der Waals surface area contributed by atoms with Crippen LogP contribution in [0.25, 0.3) is 65.7 Å². The first-order valence-electron chi connectivity index (χ1n) is 18.9. The van der Waals surface area contributed by atoms with Crippen LogP contribution in [0.1, 0.15) is 31.9 Å². The van der Waals surface area contributed by atoms with E-state index in [9.17, 15) is 0 Å². The zero-order valence-electron chi connectivity index (χ0n) is 31.3. The summed E-state index contributed by atoms with van der Waals surface area (Å²) in [7, 11) is 0. The molecule has 260 valence electrons. The fourth-order valence-electron chi connectivity index (χ4n) is 8.23. The number of anilines is 3. The van der Waals surface area contributed by atoms with Gasteiger partial charge in [-0.25, -0.2) is 0 Å². The molecule has 0 spiro atoms. The summed E-state index contributed by atoms with van der Waals surface area (Å²) in [5.41, 5.74) is 13.4. The van der Waals surface area contributed by atoms with Gasteiger partial charge in [-0.2, -0.15) is 0 Å². The van der Waals surface area contributed by atoms with Crippen LogP contribution < -0.4 is 4.90 Å². The topological polar surface area (TPSA) is 3.24 Å². The highest BCUT2D eigenvalue weighted by atomic mass is 15.1. The van der Waals surface area contributed by atoms with Gasteiger partial charge in [0, 0.05) is 17.1 Å². The Hall–Kier alpha value is -6.44. The Morgan fingerprint density at radius 1 is 0.389 bits per heavy atom. The lowest BCUT2D eigenvalue weighted by Gasteiger charge is -2.29. The standard InChI is InChI=1S/C53H43N/c1-36-18-14-17-27-49(36)54(41-30-28-40(29-31-41)53(2,3)4)42-32-33-45-48(34-42)43-25-15-16-26-44(43)51-47(38-21-10-6-11-22-38)35-46(37-19-8-5-9-20-37)50(52(45)51)39-23-12-7-13-24-39/h5-35H,1-4H3. The Balaban J connectivity index is 1.43. The summed E-state index contributed by atoms with van der Waals surface area (Å²) >= 11 is 0. The molecule has 0 aromatic heterocycles. The molecule has 9 aromatic rings. The van der Waals surface area contributed by atoms with Gasteiger partial charge in [-0.05, 0) is 126 Å². The van der Waals surface area contributed by atoms with E-state index in [0.717, 1.165) is 11.4 Å². The molecule has 0 atom stereocenters. The number of hydrogen-bond donors (Lipinski definition) is 0. The lowest BCUT2D eigenvalue weighted by Crippen LogP contribution is -2.13. The molecule has 9 rings (SSSR count). The van der Waals surface area contributed by atoms with Crippen LogP contribution in [-0.2, 0) is 5.41 Å². The quantitative estimate of drug-likeness (QED) is 0.157. The van der Waals surface area contributed by atoms with Crippen LogP contribution in [0.2, 0.25) is 0 Å². The minimum absolute atomic E-state index is 0.0720. The van der Waals surface area contributed by atoms with Crippen LogP contribution in [0.5, 0.6) is 0 Å². The molecule has 1 nitrogen and oxygen atoms in total. The van der Waals surface area contributed by atoms with E-state index in [-0.39, 0.29) is 5.41 Å². The van der Waals surface area contributed by atoms with Gasteiger partial charge in [0.1, 0.15) is 0 Å².